The molecule has 148 valence electrons. The fraction of sp³-hybridized carbons (Fsp3) is 0.300. The van der Waals surface area contributed by atoms with Gasteiger partial charge in [-0.15, -0.1) is 0 Å². The van der Waals surface area contributed by atoms with Crippen LogP contribution < -0.4 is 15.4 Å². The number of nitrogens with one attached hydrogen (secondary N) is 2. The molecule has 0 aliphatic carbocycles. The number of amides is 1. The predicted molar refractivity (Wildman–Crippen MR) is 98.4 cm³/mol. The largest absolute Gasteiger partial charge is 0.483 e. The second-order valence-corrected chi connectivity index (χ2v) is 6.54. The summed E-state index contributed by atoms with van der Waals surface area (Å²) in [5.74, 6) is -0.137. The van der Waals surface area contributed by atoms with Gasteiger partial charge >= 0.3 is 6.18 Å². The van der Waals surface area contributed by atoms with Crippen molar-refractivity contribution in [3.63, 3.8) is 0 Å². The van der Waals surface area contributed by atoms with Gasteiger partial charge in [-0.3, -0.25) is 9.78 Å². The quantitative estimate of drug-likeness (QED) is 0.791. The zero-order valence-electron chi connectivity index (χ0n) is 15.2. The monoisotopic (exact) mass is 391 g/mol. The molecule has 0 bridgehead atoms. The van der Waals surface area contributed by atoms with Crippen LogP contribution in [-0.2, 0) is 17.8 Å². The third kappa shape index (κ3) is 5.48. The van der Waals surface area contributed by atoms with Crippen LogP contribution in [0.3, 0.4) is 0 Å². The molecule has 2 aromatic rings. The van der Waals surface area contributed by atoms with Gasteiger partial charge in [-0.1, -0.05) is 18.2 Å². The number of alkyl halides is 3. The highest BCUT2D eigenvalue weighted by Crippen LogP contribution is 2.20. The third-order valence-corrected chi connectivity index (χ3v) is 4.23. The van der Waals surface area contributed by atoms with Crippen molar-refractivity contribution in [1.82, 2.24) is 15.6 Å². The van der Waals surface area contributed by atoms with Gasteiger partial charge in [0, 0.05) is 6.54 Å². The van der Waals surface area contributed by atoms with Crippen LogP contribution in [0.25, 0.3) is 6.08 Å². The SMILES string of the molecule is CC(NC(=O)Cc1ccc2c(c1)CNC=C2)c1ccc(OCC(F)(F)F)cn1. The van der Waals surface area contributed by atoms with Crippen molar-refractivity contribution >= 4 is 12.0 Å². The van der Waals surface area contributed by atoms with Crippen LogP contribution in [0, 0.1) is 0 Å². The van der Waals surface area contributed by atoms with Gasteiger partial charge in [0.1, 0.15) is 5.75 Å². The van der Waals surface area contributed by atoms with Gasteiger partial charge in [-0.05, 0) is 48.0 Å². The van der Waals surface area contributed by atoms with Gasteiger partial charge in [-0.25, -0.2) is 0 Å². The molecule has 0 radical (unpaired) electrons. The number of benzene rings is 1. The lowest BCUT2D eigenvalue weighted by atomic mass is 10.00. The number of halogens is 3. The molecule has 0 fully saturated rings. The van der Waals surface area contributed by atoms with Crippen molar-refractivity contribution in [2.24, 2.45) is 0 Å². The van der Waals surface area contributed by atoms with Crippen molar-refractivity contribution in [3.05, 3.63) is 65.1 Å². The molecule has 8 heteroatoms. The van der Waals surface area contributed by atoms with Crippen LogP contribution in [0.4, 0.5) is 13.2 Å². The summed E-state index contributed by atoms with van der Waals surface area (Å²) >= 11 is 0. The maximum atomic E-state index is 12.3. The highest BCUT2D eigenvalue weighted by molar-refractivity contribution is 5.79. The molecule has 1 aromatic carbocycles. The van der Waals surface area contributed by atoms with Crippen LogP contribution in [-0.4, -0.2) is 23.7 Å². The minimum atomic E-state index is -4.40. The Bertz CT molecular complexity index is 864. The van der Waals surface area contributed by atoms with Crippen LogP contribution in [0.1, 0.15) is 35.3 Å². The van der Waals surface area contributed by atoms with E-state index in [9.17, 15) is 18.0 Å². The Kier molecular flexibility index (Phi) is 5.87. The van der Waals surface area contributed by atoms with E-state index in [-0.39, 0.29) is 24.1 Å². The molecule has 1 amide bonds. The molecule has 1 atom stereocenters. The summed E-state index contributed by atoms with van der Waals surface area (Å²) < 4.78 is 41.1. The number of carbonyl (C=O) groups excluding carboxylic acids is 1. The van der Waals surface area contributed by atoms with Crippen molar-refractivity contribution in [1.29, 1.82) is 0 Å². The second-order valence-electron chi connectivity index (χ2n) is 6.54. The fourth-order valence-electron chi connectivity index (χ4n) is 2.85. The van der Waals surface area contributed by atoms with E-state index >= 15 is 0 Å². The number of aromatic nitrogens is 1. The first-order valence-electron chi connectivity index (χ1n) is 8.77. The summed E-state index contributed by atoms with van der Waals surface area (Å²) in [4.78, 5) is 16.4. The van der Waals surface area contributed by atoms with Crippen molar-refractivity contribution in [2.75, 3.05) is 6.61 Å². The van der Waals surface area contributed by atoms with E-state index in [0.29, 0.717) is 5.69 Å². The summed E-state index contributed by atoms with van der Waals surface area (Å²) in [6.45, 7) is 1.12. The number of nitrogens with zero attached hydrogens (tertiary/aromatic N) is 1. The molecule has 28 heavy (non-hydrogen) atoms. The van der Waals surface area contributed by atoms with Gasteiger partial charge in [0.15, 0.2) is 6.61 Å². The minimum Gasteiger partial charge on any atom is -0.483 e. The predicted octanol–water partition coefficient (Wildman–Crippen LogP) is 3.52. The molecule has 3 rings (SSSR count). The fourth-order valence-corrected chi connectivity index (χ4v) is 2.85. The summed E-state index contributed by atoms with van der Waals surface area (Å²) in [7, 11) is 0. The summed E-state index contributed by atoms with van der Waals surface area (Å²) in [6, 6.07) is 8.46. The highest BCUT2D eigenvalue weighted by Gasteiger charge is 2.28. The molecule has 5 nitrogen and oxygen atoms in total. The van der Waals surface area contributed by atoms with E-state index in [1.54, 1.807) is 6.92 Å². The van der Waals surface area contributed by atoms with Crippen LogP contribution >= 0.6 is 0 Å². The zero-order chi connectivity index (χ0) is 20.1. The standard InChI is InChI=1S/C20H20F3N3O2/c1-13(18-5-4-17(11-25-18)28-12-20(21,22)23)26-19(27)9-14-2-3-15-6-7-24-10-16(15)8-14/h2-8,11,13,24H,9-10,12H2,1H3,(H,26,27). The van der Waals surface area contributed by atoms with Crippen LogP contribution in [0.2, 0.25) is 0 Å². The minimum absolute atomic E-state index is 0.0244. The van der Waals surface area contributed by atoms with Gasteiger partial charge in [-0.2, -0.15) is 13.2 Å². The Balaban J connectivity index is 1.54. The molecular formula is C20H20F3N3O2. The lowest BCUT2D eigenvalue weighted by Gasteiger charge is -2.16. The number of pyridine rings is 1. The Labute approximate surface area is 160 Å². The average Bonchev–Trinajstić information content (AvgIpc) is 2.66. The Morgan fingerprint density at radius 2 is 2.14 bits per heavy atom. The van der Waals surface area contributed by atoms with Crippen LogP contribution in [0.5, 0.6) is 5.75 Å². The molecule has 0 saturated heterocycles. The van der Waals surface area contributed by atoms with Gasteiger partial charge in [0.2, 0.25) is 5.91 Å². The van der Waals surface area contributed by atoms with Crippen molar-refractivity contribution < 1.29 is 22.7 Å². The van der Waals surface area contributed by atoms with Crippen molar-refractivity contribution in [3.8, 4) is 5.75 Å². The normalized spacial score (nSPS) is 14.0. The molecule has 2 heterocycles. The van der Waals surface area contributed by atoms with Gasteiger partial charge in [0.25, 0.3) is 0 Å². The van der Waals surface area contributed by atoms with E-state index in [4.69, 9.17) is 0 Å². The lowest BCUT2D eigenvalue weighted by molar-refractivity contribution is -0.153. The second kappa shape index (κ2) is 8.33. The molecule has 1 aliphatic rings. The average molecular weight is 391 g/mol. The molecule has 1 aliphatic heterocycles. The van der Waals surface area contributed by atoms with Crippen molar-refractivity contribution in [2.45, 2.75) is 32.1 Å². The van der Waals surface area contributed by atoms with Gasteiger partial charge < -0.3 is 15.4 Å². The topological polar surface area (TPSA) is 63.2 Å². The zero-order valence-corrected chi connectivity index (χ0v) is 15.2. The first-order valence-corrected chi connectivity index (χ1v) is 8.77. The third-order valence-electron chi connectivity index (χ3n) is 4.23. The van der Waals surface area contributed by atoms with E-state index in [1.807, 2.05) is 30.5 Å². The summed E-state index contributed by atoms with van der Waals surface area (Å²) in [5.41, 5.74) is 3.71. The van der Waals surface area contributed by atoms with Gasteiger partial charge in [0.05, 0.1) is 24.4 Å². The molecule has 0 saturated carbocycles. The number of rotatable bonds is 6. The van der Waals surface area contributed by atoms with E-state index in [1.165, 1.54) is 18.3 Å². The maximum Gasteiger partial charge on any atom is 0.422 e. The molecule has 2 N–H and O–H groups in total. The van der Waals surface area contributed by atoms with E-state index in [0.717, 1.165) is 23.2 Å². The number of fused-ring (bicyclic) bond motifs is 1. The highest BCUT2D eigenvalue weighted by atomic mass is 19.4. The summed E-state index contributed by atoms with van der Waals surface area (Å²) in [6.07, 6.45) is 0.923. The number of hydrogen-bond acceptors (Lipinski definition) is 4. The first kappa shape index (κ1) is 19.7. The Hall–Kier alpha value is -3.03. The summed E-state index contributed by atoms with van der Waals surface area (Å²) in [5, 5.41) is 5.98. The lowest BCUT2D eigenvalue weighted by Crippen LogP contribution is -2.28. The van der Waals surface area contributed by atoms with E-state index in [2.05, 4.69) is 20.4 Å². The number of carbonyl (C=O) groups is 1. The molecule has 0 spiro atoms. The first-order chi connectivity index (χ1) is 13.3. The van der Waals surface area contributed by atoms with E-state index < -0.39 is 12.8 Å². The Morgan fingerprint density at radius 3 is 2.86 bits per heavy atom. The number of ether oxygens (including phenoxy) is 1. The molecule has 1 unspecified atom stereocenters. The molecule has 1 aromatic heterocycles. The maximum absolute atomic E-state index is 12.3. The number of hydrogen-bond donors (Lipinski definition) is 2. The van der Waals surface area contributed by atoms with Crippen LogP contribution in [0.15, 0.2) is 42.7 Å². The smallest absolute Gasteiger partial charge is 0.422 e. The Morgan fingerprint density at radius 1 is 1.32 bits per heavy atom. The molecular weight excluding hydrogens is 371 g/mol.